The summed E-state index contributed by atoms with van der Waals surface area (Å²) in [5.74, 6) is 0. The fraction of sp³-hybridized carbons (Fsp3) is 0.708. The summed E-state index contributed by atoms with van der Waals surface area (Å²) in [6, 6.07) is 10.0. The van der Waals surface area contributed by atoms with Gasteiger partial charge in [0.1, 0.15) is 6.61 Å². The highest BCUT2D eigenvalue weighted by Gasteiger charge is 2.27. The number of amides is 1. The maximum atomic E-state index is 12.3. The Labute approximate surface area is 182 Å². The summed E-state index contributed by atoms with van der Waals surface area (Å²) in [4.78, 5) is 16.3. The lowest BCUT2D eigenvalue weighted by Crippen LogP contribution is -2.41. The lowest BCUT2D eigenvalue weighted by molar-refractivity contribution is 0.00692. The predicted molar refractivity (Wildman–Crippen MR) is 119 cm³/mol. The molecule has 6 heteroatoms. The lowest BCUT2D eigenvalue weighted by atomic mass is 9.92. The predicted octanol–water partition coefficient (Wildman–Crippen LogP) is 4.07. The van der Waals surface area contributed by atoms with Crippen molar-refractivity contribution in [3.05, 3.63) is 35.9 Å². The molecule has 1 saturated carbocycles. The Morgan fingerprint density at radius 3 is 2.40 bits per heavy atom. The van der Waals surface area contributed by atoms with Gasteiger partial charge in [0, 0.05) is 26.2 Å². The number of hydrogen-bond acceptors (Lipinski definition) is 5. The largest absolute Gasteiger partial charge is 0.445 e. The molecular formula is C24H40N2O4. The summed E-state index contributed by atoms with van der Waals surface area (Å²) in [5.41, 5.74) is 1.01. The smallest absolute Gasteiger partial charge is 0.410 e. The first-order chi connectivity index (χ1) is 14.6. The van der Waals surface area contributed by atoms with Gasteiger partial charge in [0.25, 0.3) is 0 Å². The molecule has 1 aromatic carbocycles. The van der Waals surface area contributed by atoms with Crippen LogP contribution in [0, 0.1) is 0 Å². The van der Waals surface area contributed by atoms with Crippen LogP contribution in [0.1, 0.15) is 56.9 Å². The number of ether oxygens (including phenoxy) is 2. The van der Waals surface area contributed by atoms with Crippen molar-refractivity contribution in [3.8, 4) is 0 Å². The second-order valence-corrected chi connectivity index (χ2v) is 8.39. The van der Waals surface area contributed by atoms with Crippen LogP contribution in [0.5, 0.6) is 0 Å². The molecule has 0 saturated heterocycles. The lowest BCUT2D eigenvalue weighted by Gasteiger charge is -2.34. The summed E-state index contributed by atoms with van der Waals surface area (Å²) < 4.78 is 11.5. The van der Waals surface area contributed by atoms with E-state index in [1.807, 2.05) is 37.4 Å². The van der Waals surface area contributed by atoms with Crippen molar-refractivity contribution in [2.24, 2.45) is 0 Å². The molecule has 1 aliphatic rings. The molecule has 2 rings (SSSR count). The monoisotopic (exact) mass is 420 g/mol. The highest BCUT2D eigenvalue weighted by molar-refractivity contribution is 5.67. The zero-order valence-corrected chi connectivity index (χ0v) is 18.8. The second-order valence-electron chi connectivity index (χ2n) is 8.39. The van der Waals surface area contributed by atoms with Gasteiger partial charge in [-0.1, -0.05) is 43.2 Å². The fourth-order valence-corrected chi connectivity index (χ4v) is 3.94. The van der Waals surface area contributed by atoms with Crippen molar-refractivity contribution in [1.29, 1.82) is 0 Å². The van der Waals surface area contributed by atoms with Gasteiger partial charge >= 0.3 is 6.09 Å². The quantitative estimate of drug-likeness (QED) is 0.488. The van der Waals surface area contributed by atoms with E-state index in [2.05, 4.69) is 11.9 Å². The third-order valence-corrected chi connectivity index (χ3v) is 5.95. The number of aliphatic hydroxyl groups excluding tert-OH is 1. The average molecular weight is 421 g/mol. The van der Waals surface area contributed by atoms with Gasteiger partial charge in [-0.25, -0.2) is 4.79 Å². The number of carbonyl (C=O) groups excluding carboxylic acids is 1. The number of rotatable bonds is 13. The minimum absolute atomic E-state index is 0.233. The Morgan fingerprint density at radius 1 is 1.00 bits per heavy atom. The van der Waals surface area contributed by atoms with E-state index in [4.69, 9.17) is 14.6 Å². The Morgan fingerprint density at radius 2 is 1.70 bits per heavy atom. The van der Waals surface area contributed by atoms with E-state index in [0.717, 1.165) is 57.4 Å². The summed E-state index contributed by atoms with van der Waals surface area (Å²) in [6.45, 7) is 3.19. The van der Waals surface area contributed by atoms with Crippen LogP contribution in [0.3, 0.4) is 0 Å². The third-order valence-electron chi connectivity index (χ3n) is 5.95. The van der Waals surface area contributed by atoms with Crippen molar-refractivity contribution in [1.82, 2.24) is 9.80 Å². The summed E-state index contributed by atoms with van der Waals surface area (Å²) >= 11 is 0. The zero-order valence-electron chi connectivity index (χ0n) is 18.8. The van der Waals surface area contributed by atoms with E-state index >= 15 is 0 Å². The molecular weight excluding hydrogens is 380 g/mol. The van der Waals surface area contributed by atoms with Crippen LogP contribution >= 0.6 is 0 Å². The molecule has 0 unspecified atom stereocenters. The molecule has 0 atom stereocenters. The molecule has 1 fully saturated rings. The third kappa shape index (κ3) is 9.45. The topological polar surface area (TPSA) is 62.2 Å². The minimum Gasteiger partial charge on any atom is -0.445 e. The van der Waals surface area contributed by atoms with E-state index in [0.29, 0.717) is 12.7 Å². The number of benzene rings is 1. The molecule has 0 aliphatic heterocycles. The molecule has 1 amide bonds. The van der Waals surface area contributed by atoms with Crippen LogP contribution in [0.15, 0.2) is 30.3 Å². The highest BCUT2D eigenvalue weighted by Crippen LogP contribution is 2.25. The van der Waals surface area contributed by atoms with Crippen molar-refractivity contribution in [2.75, 3.05) is 40.4 Å². The zero-order chi connectivity index (χ0) is 21.6. The highest BCUT2D eigenvalue weighted by atomic mass is 16.6. The maximum absolute atomic E-state index is 12.3. The number of likely N-dealkylation sites (N-methyl/N-ethyl adjacent to an activating group) is 1. The molecule has 0 bridgehead atoms. The first-order valence-electron chi connectivity index (χ1n) is 11.4. The molecule has 1 N–H and O–H groups in total. The first kappa shape index (κ1) is 24.6. The Bertz CT molecular complexity index is 576. The number of nitrogens with zero attached hydrogens (tertiary/aromatic N) is 2. The Hall–Kier alpha value is -1.63. The molecule has 170 valence electrons. The van der Waals surface area contributed by atoms with Crippen molar-refractivity contribution >= 4 is 6.09 Å². The number of carbonyl (C=O) groups is 1. The van der Waals surface area contributed by atoms with E-state index < -0.39 is 0 Å². The second kappa shape index (κ2) is 14.4. The van der Waals surface area contributed by atoms with Gasteiger partial charge in [-0.3, -0.25) is 0 Å². The molecule has 6 nitrogen and oxygen atoms in total. The number of unbranched alkanes of at least 4 members (excludes halogenated alkanes) is 3. The van der Waals surface area contributed by atoms with Crippen molar-refractivity contribution in [2.45, 2.75) is 70.1 Å². The van der Waals surface area contributed by atoms with Crippen LogP contribution in [-0.4, -0.2) is 73.5 Å². The van der Waals surface area contributed by atoms with Crippen molar-refractivity contribution in [3.63, 3.8) is 0 Å². The van der Waals surface area contributed by atoms with E-state index in [1.54, 1.807) is 4.90 Å². The van der Waals surface area contributed by atoms with E-state index in [-0.39, 0.29) is 18.7 Å². The van der Waals surface area contributed by atoms with Crippen LogP contribution in [0.25, 0.3) is 0 Å². The Kier molecular flexibility index (Phi) is 11.8. The van der Waals surface area contributed by atoms with Gasteiger partial charge in [-0.2, -0.15) is 0 Å². The first-order valence-corrected chi connectivity index (χ1v) is 11.4. The standard InChI is InChI=1S/C24H40N2O4/c1-25(17-18-27)16-8-3-4-9-19-29-23-14-12-22(13-15-23)26(2)24(28)30-20-21-10-6-5-7-11-21/h5-7,10-11,22-23,27H,3-4,8-9,12-20H2,1-2H3. The Balaban J connectivity index is 1.51. The summed E-state index contributed by atoms with van der Waals surface area (Å²) in [7, 11) is 3.90. The van der Waals surface area contributed by atoms with Gasteiger partial charge in [0.15, 0.2) is 0 Å². The number of hydrogen-bond donors (Lipinski definition) is 1. The van der Waals surface area contributed by atoms with Gasteiger partial charge in [-0.05, 0) is 57.7 Å². The van der Waals surface area contributed by atoms with Gasteiger partial charge in [0.05, 0.1) is 12.7 Å². The molecule has 1 aliphatic carbocycles. The maximum Gasteiger partial charge on any atom is 0.410 e. The fourth-order valence-electron chi connectivity index (χ4n) is 3.94. The van der Waals surface area contributed by atoms with Crippen LogP contribution < -0.4 is 0 Å². The van der Waals surface area contributed by atoms with Crippen LogP contribution in [-0.2, 0) is 16.1 Å². The van der Waals surface area contributed by atoms with Crippen molar-refractivity contribution < 1.29 is 19.4 Å². The molecule has 0 heterocycles. The van der Waals surface area contributed by atoms with Crippen LogP contribution in [0.4, 0.5) is 4.79 Å². The summed E-state index contributed by atoms with van der Waals surface area (Å²) in [5, 5.41) is 8.89. The van der Waals surface area contributed by atoms with Gasteiger partial charge in [0.2, 0.25) is 0 Å². The van der Waals surface area contributed by atoms with E-state index in [9.17, 15) is 4.79 Å². The van der Waals surface area contributed by atoms with Gasteiger partial charge in [-0.15, -0.1) is 0 Å². The molecule has 0 spiro atoms. The normalized spacial score (nSPS) is 19.1. The average Bonchev–Trinajstić information content (AvgIpc) is 2.77. The molecule has 1 aromatic rings. The SMILES string of the molecule is CN(CCO)CCCCCCOC1CCC(N(C)C(=O)OCc2ccccc2)CC1. The van der Waals surface area contributed by atoms with Crippen LogP contribution in [0.2, 0.25) is 0 Å². The molecule has 0 radical (unpaired) electrons. The molecule has 0 aromatic heterocycles. The summed E-state index contributed by atoms with van der Waals surface area (Å²) in [6.07, 6.45) is 8.72. The number of aliphatic hydroxyl groups is 1. The van der Waals surface area contributed by atoms with Gasteiger partial charge < -0.3 is 24.4 Å². The molecule has 30 heavy (non-hydrogen) atoms. The minimum atomic E-state index is -0.243. The van der Waals surface area contributed by atoms with E-state index in [1.165, 1.54) is 19.3 Å².